The second kappa shape index (κ2) is 5.15. The van der Waals surface area contributed by atoms with Crippen molar-refractivity contribution in [3.05, 3.63) is 0 Å². The van der Waals surface area contributed by atoms with Crippen molar-refractivity contribution < 1.29 is 14.6 Å². The first-order valence-electron chi connectivity index (χ1n) is 4.05. The van der Waals surface area contributed by atoms with Crippen LogP contribution in [0.15, 0.2) is 0 Å². The predicted octanol–water partition coefficient (Wildman–Crippen LogP) is 0.0336. The maximum absolute atomic E-state index is 9.32. The first kappa shape index (κ1) is 9.53. The molecule has 0 spiro atoms. The van der Waals surface area contributed by atoms with Crippen LogP contribution < -0.4 is 0 Å². The molecule has 0 aromatic carbocycles. The Labute approximate surface area is 72.7 Å². The average molecular weight is 170 g/mol. The van der Waals surface area contributed by atoms with E-state index < -0.39 is 0 Å². The smallest absolute Gasteiger partial charge is 0.107 e. The van der Waals surface area contributed by atoms with Gasteiger partial charge in [0.05, 0.1) is 19.3 Å². The summed E-state index contributed by atoms with van der Waals surface area (Å²) in [6.07, 6.45) is 0.367. The van der Waals surface area contributed by atoms with Gasteiger partial charge in [0.1, 0.15) is 6.61 Å². The Kier molecular flexibility index (Phi) is 4.09. The van der Waals surface area contributed by atoms with E-state index in [-0.39, 0.29) is 12.0 Å². The minimum atomic E-state index is -0.332. The molecule has 68 valence electrons. The van der Waals surface area contributed by atoms with E-state index in [1.165, 1.54) is 0 Å². The average Bonchev–Trinajstić information content (AvgIpc) is 2.46. The van der Waals surface area contributed by atoms with Crippen LogP contribution in [-0.4, -0.2) is 38.1 Å². The monoisotopic (exact) mass is 170 g/mol. The molecule has 0 bridgehead atoms. The fraction of sp³-hybridized carbons (Fsp3) is 0.778. The third-order valence-corrected chi connectivity index (χ3v) is 1.87. The molecule has 2 atom stereocenters. The van der Waals surface area contributed by atoms with Crippen molar-refractivity contribution in [1.29, 1.82) is 0 Å². The van der Waals surface area contributed by atoms with Gasteiger partial charge < -0.3 is 14.6 Å². The molecular weight excluding hydrogens is 156 g/mol. The Morgan fingerprint density at radius 1 is 1.50 bits per heavy atom. The number of hydrogen-bond acceptors (Lipinski definition) is 3. The fourth-order valence-electron chi connectivity index (χ4n) is 1.11. The molecule has 0 saturated carbocycles. The van der Waals surface area contributed by atoms with Gasteiger partial charge in [0.25, 0.3) is 0 Å². The molecular formula is C9H14O3. The van der Waals surface area contributed by atoms with Gasteiger partial charge in [-0.1, -0.05) is 5.92 Å². The maximum atomic E-state index is 9.32. The Hall–Kier alpha value is -0.560. The SMILES string of the molecule is COCC#CCC1COCC1O. The van der Waals surface area contributed by atoms with Crippen LogP contribution in [0.4, 0.5) is 0 Å². The van der Waals surface area contributed by atoms with Crippen molar-refractivity contribution in [3.63, 3.8) is 0 Å². The number of aliphatic hydroxyl groups excluding tert-OH is 1. The van der Waals surface area contributed by atoms with Crippen LogP contribution in [0.25, 0.3) is 0 Å². The van der Waals surface area contributed by atoms with Gasteiger partial charge in [-0.3, -0.25) is 0 Å². The molecule has 1 fully saturated rings. The van der Waals surface area contributed by atoms with E-state index in [9.17, 15) is 5.11 Å². The summed E-state index contributed by atoms with van der Waals surface area (Å²) in [6, 6.07) is 0. The highest BCUT2D eigenvalue weighted by Gasteiger charge is 2.24. The molecule has 0 aliphatic carbocycles. The van der Waals surface area contributed by atoms with Gasteiger partial charge in [-0.2, -0.15) is 0 Å². The first-order chi connectivity index (χ1) is 5.84. The summed E-state index contributed by atoms with van der Waals surface area (Å²) in [5.41, 5.74) is 0. The third-order valence-electron chi connectivity index (χ3n) is 1.87. The van der Waals surface area contributed by atoms with Gasteiger partial charge in [0, 0.05) is 19.4 Å². The standard InChI is InChI=1S/C9H14O3/c1-11-5-3-2-4-8-6-12-7-9(8)10/h8-10H,4-7H2,1H3. The van der Waals surface area contributed by atoms with Gasteiger partial charge in [-0.25, -0.2) is 0 Å². The quantitative estimate of drug-likeness (QED) is 0.594. The Bertz CT molecular complexity index is 180. The molecule has 1 heterocycles. The van der Waals surface area contributed by atoms with Crippen molar-refractivity contribution in [2.24, 2.45) is 5.92 Å². The zero-order chi connectivity index (χ0) is 8.81. The lowest BCUT2D eigenvalue weighted by Gasteiger charge is -2.06. The minimum Gasteiger partial charge on any atom is -0.390 e. The van der Waals surface area contributed by atoms with Gasteiger partial charge in [-0.05, 0) is 0 Å². The summed E-state index contributed by atoms with van der Waals surface area (Å²) in [7, 11) is 1.61. The molecule has 1 saturated heterocycles. The molecule has 0 amide bonds. The predicted molar refractivity (Wildman–Crippen MR) is 44.6 cm³/mol. The third kappa shape index (κ3) is 2.82. The lowest BCUT2D eigenvalue weighted by atomic mass is 10.0. The first-order valence-corrected chi connectivity index (χ1v) is 4.05. The van der Waals surface area contributed by atoms with Gasteiger partial charge in [0.15, 0.2) is 0 Å². The summed E-state index contributed by atoms with van der Waals surface area (Å²) in [4.78, 5) is 0. The van der Waals surface area contributed by atoms with Crippen molar-refractivity contribution in [2.75, 3.05) is 26.9 Å². The van der Waals surface area contributed by atoms with E-state index in [0.717, 1.165) is 0 Å². The van der Waals surface area contributed by atoms with E-state index in [2.05, 4.69) is 11.8 Å². The molecule has 0 radical (unpaired) electrons. The zero-order valence-corrected chi connectivity index (χ0v) is 7.25. The van der Waals surface area contributed by atoms with Crippen molar-refractivity contribution in [1.82, 2.24) is 0 Å². The number of aliphatic hydroxyl groups is 1. The van der Waals surface area contributed by atoms with E-state index in [0.29, 0.717) is 26.2 Å². The van der Waals surface area contributed by atoms with Gasteiger partial charge in [0.2, 0.25) is 0 Å². The molecule has 3 nitrogen and oxygen atoms in total. The van der Waals surface area contributed by atoms with E-state index in [4.69, 9.17) is 9.47 Å². The maximum Gasteiger partial charge on any atom is 0.107 e. The Morgan fingerprint density at radius 3 is 2.92 bits per heavy atom. The summed E-state index contributed by atoms with van der Waals surface area (Å²) < 4.78 is 9.84. The van der Waals surface area contributed by atoms with Gasteiger partial charge in [-0.15, -0.1) is 5.92 Å². The van der Waals surface area contributed by atoms with Crippen LogP contribution >= 0.6 is 0 Å². The number of rotatable bonds is 2. The highest BCUT2D eigenvalue weighted by atomic mass is 16.5. The van der Waals surface area contributed by atoms with E-state index in [1.807, 2.05) is 0 Å². The van der Waals surface area contributed by atoms with E-state index in [1.54, 1.807) is 7.11 Å². The Morgan fingerprint density at radius 2 is 2.33 bits per heavy atom. The largest absolute Gasteiger partial charge is 0.390 e. The number of ether oxygens (including phenoxy) is 2. The molecule has 0 aromatic heterocycles. The summed E-state index contributed by atoms with van der Waals surface area (Å²) in [6.45, 7) is 1.54. The molecule has 12 heavy (non-hydrogen) atoms. The minimum absolute atomic E-state index is 0.189. The topological polar surface area (TPSA) is 38.7 Å². The summed E-state index contributed by atoms with van der Waals surface area (Å²) in [5, 5.41) is 9.32. The van der Waals surface area contributed by atoms with Gasteiger partial charge >= 0.3 is 0 Å². The molecule has 3 heteroatoms. The lowest BCUT2D eigenvalue weighted by Crippen LogP contribution is -2.16. The van der Waals surface area contributed by atoms with Crippen molar-refractivity contribution >= 4 is 0 Å². The second-order valence-corrected chi connectivity index (χ2v) is 2.86. The zero-order valence-electron chi connectivity index (χ0n) is 7.25. The van der Waals surface area contributed by atoms with Crippen LogP contribution in [-0.2, 0) is 9.47 Å². The van der Waals surface area contributed by atoms with Crippen LogP contribution in [0.5, 0.6) is 0 Å². The molecule has 1 rings (SSSR count). The summed E-state index contributed by atoms with van der Waals surface area (Å²) >= 11 is 0. The van der Waals surface area contributed by atoms with Crippen molar-refractivity contribution in [2.45, 2.75) is 12.5 Å². The van der Waals surface area contributed by atoms with Crippen LogP contribution in [0.2, 0.25) is 0 Å². The second-order valence-electron chi connectivity index (χ2n) is 2.86. The van der Waals surface area contributed by atoms with E-state index >= 15 is 0 Å². The molecule has 1 aliphatic heterocycles. The normalized spacial score (nSPS) is 28.2. The van der Waals surface area contributed by atoms with Crippen LogP contribution in [0.3, 0.4) is 0 Å². The Balaban J connectivity index is 2.19. The highest BCUT2D eigenvalue weighted by molar-refractivity contribution is 5.01. The molecule has 2 unspecified atom stereocenters. The number of methoxy groups -OCH3 is 1. The fourth-order valence-corrected chi connectivity index (χ4v) is 1.11. The summed E-state index contributed by atoms with van der Waals surface area (Å²) in [5.74, 6) is 5.98. The van der Waals surface area contributed by atoms with Crippen molar-refractivity contribution in [3.8, 4) is 11.8 Å². The van der Waals surface area contributed by atoms with Crippen LogP contribution in [0.1, 0.15) is 6.42 Å². The highest BCUT2D eigenvalue weighted by Crippen LogP contribution is 2.15. The van der Waals surface area contributed by atoms with Crippen LogP contribution in [0, 0.1) is 17.8 Å². The molecule has 0 aromatic rings. The lowest BCUT2D eigenvalue weighted by molar-refractivity contribution is 0.119. The number of hydrogen-bond donors (Lipinski definition) is 1. The molecule has 1 aliphatic rings. The molecule has 1 N–H and O–H groups in total.